The normalized spacial score (nSPS) is 24.6. The smallest absolute Gasteiger partial charge is 0.252 e. The molecular formula is C15H26N2O2S2. The average Bonchev–Trinajstić information content (AvgIpc) is 2.84. The Kier molecular flexibility index (Phi) is 5.46. The van der Waals surface area contributed by atoms with Crippen LogP contribution in [-0.4, -0.2) is 31.9 Å². The van der Waals surface area contributed by atoms with Gasteiger partial charge < -0.3 is 5.32 Å². The van der Waals surface area contributed by atoms with Crippen LogP contribution in [-0.2, 0) is 16.6 Å². The third kappa shape index (κ3) is 4.28. The van der Waals surface area contributed by atoms with Gasteiger partial charge in [-0.3, -0.25) is 0 Å². The zero-order valence-corrected chi connectivity index (χ0v) is 14.9. The fraction of sp³-hybridized carbons (Fsp3) is 0.733. The maximum absolute atomic E-state index is 12.7. The molecule has 2 unspecified atom stereocenters. The largest absolute Gasteiger partial charge is 0.310 e. The van der Waals surface area contributed by atoms with Crippen molar-refractivity contribution in [2.24, 2.45) is 11.8 Å². The topological polar surface area (TPSA) is 49.4 Å². The van der Waals surface area contributed by atoms with Gasteiger partial charge in [0.15, 0.2) is 0 Å². The molecule has 1 aliphatic rings. The molecule has 1 aromatic heterocycles. The van der Waals surface area contributed by atoms with Gasteiger partial charge in [0, 0.05) is 25.7 Å². The van der Waals surface area contributed by atoms with Gasteiger partial charge in [-0.15, -0.1) is 11.3 Å². The van der Waals surface area contributed by atoms with Gasteiger partial charge in [-0.2, -0.15) is 4.31 Å². The van der Waals surface area contributed by atoms with Crippen molar-refractivity contribution >= 4 is 21.4 Å². The van der Waals surface area contributed by atoms with Gasteiger partial charge in [0.25, 0.3) is 10.0 Å². The van der Waals surface area contributed by atoms with E-state index in [2.05, 4.69) is 33.0 Å². The second-order valence-electron chi connectivity index (χ2n) is 6.58. The summed E-state index contributed by atoms with van der Waals surface area (Å²) < 4.78 is 27.6. The highest BCUT2D eigenvalue weighted by molar-refractivity contribution is 7.91. The number of rotatable bonds is 5. The van der Waals surface area contributed by atoms with E-state index >= 15 is 0 Å². The number of piperidine rings is 1. The molecule has 120 valence electrons. The second kappa shape index (κ2) is 6.77. The molecule has 0 saturated carbocycles. The van der Waals surface area contributed by atoms with E-state index in [1.165, 1.54) is 11.3 Å². The highest BCUT2D eigenvalue weighted by Crippen LogP contribution is 2.29. The van der Waals surface area contributed by atoms with E-state index in [1.54, 1.807) is 4.31 Å². The van der Waals surface area contributed by atoms with Gasteiger partial charge in [0.1, 0.15) is 4.21 Å². The minimum absolute atomic E-state index is 0.397. The van der Waals surface area contributed by atoms with Gasteiger partial charge in [-0.05, 0) is 35.3 Å². The highest BCUT2D eigenvalue weighted by atomic mass is 32.2. The lowest BCUT2D eigenvalue weighted by Crippen LogP contribution is -2.42. The lowest BCUT2D eigenvalue weighted by atomic mass is 9.94. The van der Waals surface area contributed by atoms with E-state index < -0.39 is 10.0 Å². The maximum Gasteiger partial charge on any atom is 0.252 e. The molecule has 4 nitrogen and oxygen atoms in total. The summed E-state index contributed by atoms with van der Waals surface area (Å²) in [4.78, 5) is 0. The maximum atomic E-state index is 12.7. The van der Waals surface area contributed by atoms with Crippen molar-refractivity contribution in [3.05, 3.63) is 17.0 Å². The van der Waals surface area contributed by atoms with Crippen LogP contribution >= 0.6 is 11.3 Å². The van der Waals surface area contributed by atoms with E-state index in [-0.39, 0.29) is 0 Å². The SMILES string of the molecule is CC1CC(C)CN(S(=O)(=O)c2cc(CNC(C)C)cs2)C1. The first kappa shape index (κ1) is 16.9. The van der Waals surface area contributed by atoms with E-state index in [9.17, 15) is 8.42 Å². The molecule has 2 atom stereocenters. The molecule has 2 rings (SSSR count). The third-order valence-electron chi connectivity index (χ3n) is 3.77. The minimum atomic E-state index is -3.32. The van der Waals surface area contributed by atoms with E-state index in [0.717, 1.165) is 18.5 Å². The van der Waals surface area contributed by atoms with Gasteiger partial charge in [0.2, 0.25) is 0 Å². The second-order valence-corrected chi connectivity index (χ2v) is 9.65. The van der Waals surface area contributed by atoms with Crippen LogP contribution in [0.4, 0.5) is 0 Å². The summed E-state index contributed by atoms with van der Waals surface area (Å²) in [6.45, 7) is 10.4. The molecule has 0 bridgehead atoms. The van der Waals surface area contributed by atoms with Crippen LogP contribution in [0.1, 0.15) is 39.7 Å². The first-order chi connectivity index (χ1) is 9.79. The van der Waals surface area contributed by atoms with Crippen molar-refractivity contribution in [2.45, 2.75) is 50.9 Å². The Morgan fingerprint density at radius 2 is 1.95 bits per heavy atom. The number of nitrogens with zero attached hydrogens (tertiary/aromatic N) is 1. The predicted octanol–water partition coefficient (Wildman–Crippen LogP) is 2.91. The standard InChI is InChI=1S/C15H26N2O2S2/c1-11(2)16-7-14-6-15(20-10-14)21(18,19)17-8-12(3)5-13(4)9-17/h6,10-13,16H,5,7-9H2,1-4H3. The Morgan fingerprint density at radius 3 is 2.52 bits per heavy atom. The van der Waals surface area contributed by atoms with Crippen LogP contribution in [0.15, 0.2) is 15.7 Å². The Hall–Kier alpha value is -0.430. The third-order valence-corrected chi connectivity index (χ3v) is 7.07. The lowest BCUT2D eigenvalue weighted by Gasteiger charge is -2.33. The number of nitrogens with one attached hydrogen (secondary N) is 1. The average molecular weight is 331 g/mol. The summed E-state index contributed by atoms with van der Waals surface area (Å²) in [5.74, 6) is 0.871. The number of sulfonamides is 1. The lowest BCUT2D eigenvalue weighted by molar-refractivity contribution is 0.223. The molecule has 1 N–H and O–H groups in total. The molecule has 0 spiro atoms. The van der Waals surface area contributed by atoms with Gasteiger partial charge in [0.05, 0.1) is 0 Å². The van der Waals surface area contributed by atoms with E-state index in [0.29, 0.717) is 35.2 Å². The molecule has 0 radical (unpaired) electrons. The number of hydrogen-bond acceptors (Lipinski definition) is 4. The summed E-state index contributed by atoms with van der Waals surface area (Å²) in [6.07, 6.45) is 1.11. The fourth-order valence-corrected chi connectivity index (χ4v) is 5.87. The summed E-state index contributed by atoms with van der Waals surface area (Å²) >= 11 is 1.33. The van der Waals surface area contributed by atoms with Crippen LogP contribution < -0.4 is 5.32 Å². The molecular weight excluding hydrogens is 304 g/mol. The number of hydrogen-bond donors (Lipinski definition) is 1. The molecule has 2 heterocycles. The fourth-order valence-electron chi connectivity index (χ4n) is 2.83. The summed E-state index contributed by atoms with van der Waals surface area (Å²) in [5.41, 5.74) is 1.05. The summed E-state index contributed by atoms with van der Waals surface area (Å²) in [5, 5.41) is 5.26. The molecule has 0 aromatic carbocycles. The van der Waals surface area contributed by atoms with Gasteiger partial charge in [-0.1, -0.05) is 27.7 Å². The van der Waals surface area contributed by atoms with Crippen molar-refractivity contribution in [3.63, 3.8) is 0 Å². The van der Waals surface area contributed by atoms with E-state index in [1.807, 2.05) is 11.4 Å². The Bertz CT molecular complexity index is 556. The molecule has 1 aromatic rings. The van der Waals surface area contributed by atoms with Crippen molar-refractivity contribution in [1.29, 1.82) is 0 Å². The van der Waals surface area contributed by atoms with Crippen LogP contribution in [0.3, 0.4) is 0 Å². The first-order valence-electron chi connectivity index (χ1n) is 7.60. The molecule has 0 amide bonds. The number of thiophene rings is 1. The van der Waals surface area contributed by atoms with Crippen LogP contribution in [0.2, 0.25) is 0 Å². The van der Waals surface area contributed by atoms with Gasteiger partial charge in [-0.25, -0.2) is 8.42 Å². The Morgan fingerprint density at radius 1 is 1.33 bits per heavy atom. The van der Waals surface area contributed by atoms with Crippen LogP contribution in [0, 0.1) is 11.8 Å². The quantitative estimate of drug-likeness (QED) is 0.903. The molecule has 1 saturated heterocycles. The van der Waals surface area contributed by atoms with Crippen LogP contribution in [0.25, 0.3) is 0 Å². The van der Waals surface area contributed by atoms with Crippen molar-refractivity contribution < 1.29 is 8.42 Å². The molecule has 21 heavy (non-hydrogen) atoms. The first-order valence-corrected chi connectivity index (χ1v) is 9.92. The molecule has 6 heteroatoms. The van der Waals surface area contributed by atoms with Gasteiger partial charge >= 0.3 is 0 Å². The molecule has 0 aliphatic carbocycles. The minimum Gasteiger partial charge on any atom is -0.310 e. The zero-order chi connectivity index (χ0) is 15.6. The zero-order valence-electron chi connectivity index (χ0n) is 13.3. The Balaban J connectivity index is 2.12. The van der Waals surface area contributed by atoms with E-state index in [4.69, 9.17) is 0 Å². The molecule has 1 fully saturated rings. The molecule has 1 aliphatic heterocycles. The summed E-state index contributed by atoms with van der Waals surface area (Å²) in [6, 6.07) is 2.22. The van der Waals surface area contributed by atoms with Crippen LogP contribution in [0.5, 0.6) is 0 Å². The predicted molar refractivity (Wildman–Crippen MR) is 88.0 cm³/mol. The van der Waals surface area contributed by atoms with Crippen molar-refractivity contribution in [3.8, 4) is 0 Å². The monoisotopic (exact) mass is 330 g/mol. The Labute approximate surface area is 132 Å². The summed E-state index contributed by atoms with van der Waals surface area (Å²) in [7, 11) is -3.32. The van der Waals surface area contributed by atoms with Crippen molar-refractivity contribution in [2.75, 3.05) is 13.1 Å². The van der Waals surface area contributed by atoms with Crippen molar-refractivity contribution in [1.82, 2.24) is 9.62 Å². The highest BCUT2D eigenvalue weighted by Gasteiger charge is 2.32.